The summed E-state index contributed by atoms with van der Waals surface area (Å²) in [7, 11) is 3.84. The molecule has 0 fully saturated rings. The number of nitrogens with zero attached hydrogens (tertiary/aromatic N) is 3. The first-order valence-electron chi connectivity index (χ1n) is 21.9. The fraction of sp³-hybridized carbons (Fsp3) is 0.652. The lowest BCUT2D eigenvalue weighted by Gasteiger charge is -2.38. The van der Waals surface area contributed by atoms with E-state index in [0.717, 1.165) is 73.9 Å². The molecule has 2 aromatic carbocycles. The molecule has 0 aliphatic carbocycles. The van der Waals surface area contributed by atoms with E-state index in [0.29, 0.717) is 30.6 Å². The molecule has 0 radical (unpaired) electrons. The van der Waals surface area contributed by atoms with E-state index in [2.05, 4.69) is 10.6 Å². The third kappa shape index (κ3) is 12.7. The summed E-state index contributed by atoms with van der Waals surface area (Å²) in [5.74, 6) is -0.937. The van der Waals surface area contributed by atoms with Crippen molar-refractivity contribution >= 4 is 46.4 Å². The van der Waals surface area contributed by atoms with Crippen molar-refractivity contribution < 1.29 is 34.5 Å². The van der Waals surface area contributed by atoms with Crippen LogP contribution in [0, 0.1) is 11.8 Å². The molecule has 2 aliphatic rings. The number of nitrogens with one attached hydrogen (secondary N) is 2. The van der Waals surface area contributed by atoms with Gasteiger partial charge in [-0.3, -0.25) is 24.1 Å². The van der Waals surface area contributed by atoms with E-state index in [-0.39, 0.29) is 49.2 Å². The summed E-state index contributed by atoms with van der Waals surface area (Å²) in [6, 6.07) is 10.1. The second kappa shape index (κ2) is 22.8. The van der Waals surface area contributed by atoms with Crippen molar-refractivity contribution in [2.24, 2.45) is 11.8 Å². The number of carbonyl (C=O) groups is 4. The Labute approximate surface area is 346 Å². The van der Waals surface area contributed by atoms with Gasteiger partial charge in [-0.15, -0.1) is 0 Å². The summed E-state index contributed by atoms with van der Waals surface area (Å²) < 4.78 is 0. The predicted molar refractivity (Wildman–Crippen MR) is 232 cm³/mol. The molecule has 2 aromatic rings. The number of aliphatic carboxylic acids is 1. The minimum Gasteiger partial charge on any atom is -0.481 e. The molecule has 5 N–H and O–H groups in total. The third-order valence-electron chi connectivity index (χ3n) is 11.9. The summed E-state index contributed by atoms with van der Waals surface area (Å²) in [6.45, 7) is 7.63. The highest BCUT2D eigenvalue weighted by Crippen LogP contribution is 2.37. The Morgan fingerprint density at radius 2 is 1.00 bits per heavy atom. The molecule has 3 amide bonds. The van der Waals surface area contributed by atoms with Crippen molar-refractivity contribution in [1.82, 2.24) is 10.6 Å². The summed E-state index contributed by atoms with van der Waals surface area (Å²) >= 11 is 0. The van der Waals surface area contributed by atoms with Crippen LogP contribution in [0.2, 0.25) is 0 Å². The number of likely N-dealkylation sites (N-methyl/N-ethyl adjacent to an activating group) is 2. The lowest BCUT2D eigenvalue weighted by Crippen LogP contribution is -2.54. The monoisotopic (exact) mass is 806 g/mol. The molecule has 2 aliphatic heterocycles. The summed E-state index contributed by atoms with van der Waals surface area (Å²) in [4.78, 5) is 57.5. The highest BCUT2D eigenvalue weighted by molar-refractivity contribution is 6.01. The molecule has 4 atom stereocenters. The third-order valence-corrected chi connectivity index (χ3v) is 11.9. The van der Waals surface area contributed by atoms with E-state index >= 15 is 0 Å². The predicted octanol–water partition coefficient (Wildman–Crippen LogP) is 6.89. The van der Waals surface area contributed by atoms with Crippen molar-refractivity contribution in [3.05, 3.63) is 47.5 Å². The van der Waals surface area contributed by atoms with Gasteiger partial charge in [0.05, 0.1) is 25.3 Å². The number of amides is 3. The second-order valence-corrected chi connectivity index (χ2v) is 17.3. The number of anilines is 4. The maximum atomic E-state index is 14.5. The highest BCUT2D eigenvalue weighted by atomic mass is 16.4. The van der Waals surface area contributed by atoms with Crippen molar-refractivity contribution in [2.75, 3.05) is 42.0 Å². The Kier molecular flexibility index (Phi) is 18.3. The number of unbranched alkanes of at least 4 members (excludes halogenated alkanes) is 11. The first kappa shape index (κ1) is 46.5. The average Bonchev–Trinajstić information content (AvgIpc) is 3.16. The molecule has 2 heterocycles. The fourth-order valence-electron chi connectivity index (χ4n) is 8.88. The van der Waals surface area contributed by atoms with Crippen LogP contribution in [0.3, 0.4) is 0 Å². The largest absolute Gasteiger partial charge is 0.481 e. The molecule has 0 spiro atoms. The van der Waals surface area contributed by atoms with E-state index in [9.17, 15) is 29.4 Å². The Bertz CT molecular complexity index is 1570. The number of carboxylic acids is 1. The zero-order chi connectivity index (χ0) is 42.4. The van der Waals surface area contributed by atoms with Crippen molar-refractivity contribution in [1.29, 1.82) is 0 Å². The van der Waals surface area contributed by atoms with Gasteiger partial charge in [-0.05, 0) is 85.0 Å². The summed E-state index contributed by atoms with van der Waals surface area (Å²) in [5, 5.41) is 35.4. The molecule has 0 bridgehead atoms. The molecular weight excluding hydrogens is 735 g/mol. The van der Waals surface area contributed by atoms with Gasteiger partial charge >= 0.3 is 5.97 Å². The van der Waals surface area contributed by atoms with Crippen LogP contribution in [0.1, 0.15) is 129 Å². The van der Waals surface area contributed by atoms with E-state index in [1.807, 2.05) is 88.0 Å². The number of aliphatic hydroxyl groups excluding tert-OH is 2. The number of fused-ring (bicyclic) bond motifs is 2. The van der Waals surface area contributed by atoms with Gasteiger partial charge in [0.1, 0.15) is 12.1 Å². The maximum Gasteiger partial charge on any atom is 0.303 e. The molecule has 0 saturated carbocycles. The van der Waals surface area contributed by atoms with Crippen LogP contribution in [0.4, 0.5) is 22.7 Å². The molecular formula is C46H71N5O7. The topological polar surface area (TPSA) is 163 Å². The van der Waals surface area contributed by atoms with Gasteiger partial charge in [-0.2, -0.15) is 0 Å². The fourth-order valence-corrected chi connectivity index (χ4v) is 8.88. The van der Waals surface area contributed by atoms with Crippen LogP contribution >= 0.6 is 0 Å². The van der Waals surface area contributed by atoms with Crippen molar-refractivity contribution in [2.45, 2.75) is 155 Å². The average molecular weight is 806 g/mol. The summed E-state index contributed by atoms with van der Waals surface area (Å²) in [5.41, 5.74) is 5.04. The van der Waals surface area contributed by atoms with Gasteiger partial charge in [0.25, 0.3) is 0 Å². The van der Waals surface area contributed by atoms with Gasteiger partial charge in [0, 0.05) is 49.7 Å². The smallest absolute Gasteiger partial charge is 0.303 e. The van der Waals surface area contributed by atoms with Crippen LogP contribution in [0.5, 0.6) is 0 Å². The number of hydrogen-bond acceptors (Lipinski definition) is 8. The minimum absolute atomic E-state index is 0.0193. The minimum atomic E-state index is -0.713. The van der Waals surface area contributed by atoms with Crippen LogP contribution in [0.25, 0.3) is 0 Å². The SMILES string of the molecule is CC(C)[C@H]1C(=O)N[C@H](CO)Cc2cc(N(C(=O)CCCCCCCCCCCCCCC(=O)O)c3ccc4c(c3)C[C@@H](CO)NC(=O)[C@H](C(C)C)N4C)ccc2N1C. The Morgan fingerprint density at radius 3 is 1.34 bits per heavy atom. The number of aliphatic hydroxyl groups is 2. The normalized spacial score (nSPS) is 19.8. The van der Waals surface area contributed by atoms with Crippen LogP contribution in [0.15, 0.2) is 36.4 Å². The molecule has 4 rings (SSSR count). The summed E-state index contributed by atoms with van der Waals surface area (Å²) in [6.07, 6.45) is 14.1. The molecule has 12 heteroatoms. The quantitative estimate of drug-likeness (QED) is 0.0847. The van der Waals surface area contributed by atoms with E-state index in [1.54, 1.807) is 4.90 Å². The lowest BCUT2D eigenvalue weighted by atomic mass is 9.94. The number of carboxylic acid groups (broad SMARTS) is 1. The molecule has 322 valence electrons. The van der Waals surface area contributed by atoms with E-state index < -0.39 is 30.1 Å². The van der Waals surface area contributed by atoms with Crippen molar-refractivity contribution in [3.8, 4) is 0 Å². The van der Waals surface area contributed by atoms with Gasteiger partial charge < -0.3 is 35.8 Å². The number of rotatable bonds is 21. The van der Waals surface area contributed by atoms with Crippen molar-refractivity contribution in [3.63, 3.8) is 0 Å². The molecule has 0 unspecified atom stereocenters. The van der Waals surface area contributed by atoms with Crippen LogP contribution in [-0.4, -0.2) is 90.5 Å². The zero-order valence-corrected chi connectivity index (χ0v) is 36.0. The Hall–Kier alpha value is -4.16. The molecule has 58 heavy (non-hydrogen) atoms. The zero-order valence-electron chi connectivity index (χ0n) is 36.0. The van der Waals surface area contributed by atoms with E-state index in [4.69, 9.17) is 5.11 Å². The maximum absolute atomic E-state index is 14.5. The first-order valence-corrected chi connectivity index (χ1v) is 21.9. The van der Waals surface area contributed by atoms with Crippen LogP contribution < -0.4 is 25.3 Å². The van der Waals surface area contributed by atoms with Gasteiger partial charge in [0.15, 0.2) is 0 Å². The molecule has 0 saturated heterocycles. The van der Waals surface area contributed by atoms with Crippen LogP contribution in [-0.2, 0) is 32.0 Å². The number of carbonyl (C=O) groups excluding carboxylic acids is 3. The first-order chi connectivity index (χ1) is 27.8. The molecule has 12 nitrogen and oxygen atoms in total. The Balaban J connectivity index is 1.55. The standard InChI is InChI=1S/C46H71N5O7/c1-31(2)43-45(57)47-35(29-52)25-33-27-37(21-23-39(33)49(43)5)51(41(54)19-17-15-13-11-9-7-8-10-12-14-16-18-20-42(55)56)38-22-24-40-34(28-38)26-36(30-53)48-46(58)44(32(3)4)50(40)6/h21-24,27-28,31-32,35-36,43-44,52-53H,7-20,25-26,29-30H2,1-6H3,(H,47,57)(H,48,58)(H,55,56)/t35-,36-,43-,44-/m0/s1. The van der Waals surface area contributed by atoms with Gasteiger partial charge in [-0.1, -0.05) is 91.9 Å². The number of hydrogen-bond donors (Lipinski definition) is 5. The lowest BCUT2D eigenvalue weighted by molar-refractivity contribution is -0.137. The highest BCUT2D eigenvalue weighted by Gasteiger charge is 2.35. The van der Waals surface area contributed by atoms with E-state index in [1.165, 1.54) is 25.7 Å². The van der Waals surface area contributed by atoms with Gasteiger partial charge in [0.2, 0.25) is 17.7 Å². The van der Waals surface area contributed by atoms with Gasteiger partial charge in [-0.25, -0.2) is 0 Å². The second-order valence-electron chi connectivity index (χ2n) is 17.3. The number of benzene rings is 2. The Morgan fingerprint density at radius 1 is 0.638 bits per heavy atom. The molecule has 0 aromatic heterocycles.